The molecule has 134 valence electrons. The number of unbranched alkanes of at least 4 members (excludes halogenated alkanes) is 3. The highest BCUT2D eigenvalue weighted by Crippen LogP contribution is 2.32. The summed E-state index contributed by atoms with van der Waals surface area (Å²) in [6, 6.07) is 3.19. The molecule has 0 fully saturated rings. The zero-order valence-corrected chi connectivity index (χ0v) is 13.6. The van der Waals surface area contributed by atoms with Crippen LogP contribution >= 0.6 is 0 Å². The van der Waals surface area contributed by atoms with Gasteiger partial charge in [-0.25, -0.2) is 0 Å². The summed E-state index contributed by atoms with van der Waals surface area (Å²) in [6.07, 6.45) is -0.865. The number of alkyl halides is 3. The Balaban J connectivity index is 2.67. The van der Waals surface area contributed by atoms with E-state index in [1.165, 1.54) is 6.07 Å². The fourth-order valence-electron chi connectivity index (χ4n) is 2.49. The molecular formula is C17H22F3NO3. The number of nitrogens with zero attached hydrogens (tertiary/aromatic N) is 1. The lowest BCUT2D eigenvalue weighted by Crippen LogP contribution is -2.25. The predicted octanol–water partition coefficient (Wildman–Crippen LogP) is 4.38. The molecule has 0 saturated heterocycles. The third kappa shape index (κ3) is 6.22. The molecule has 0 aliphatic rings. The molecule has 0 aliphatic carbocycles. The topological polar surface area (TPSA) is 57.6 Å². The van der Waals surface area contributed by atoms with Crippen molar-refractivity contribution in [2.24, 2.45) is 0 Å². The maximum Gasteiger partial charge on any atom is 0.416 e. The number of carbonyl (C=O) groups excluding carboxylic acids is 1. The van der Waals surface area contributed by atoms with E-state index < -0.39 is 17.7 Å². The van der Waals surface area contributed by atoms with Crippen molar-refractivity contribution in [3.8, 4) is 0 Å². The first-order valence-corrected chi connectivity index (χ1v) is 7.92. The number of benzene rings is 1. The highest BCUT2D eigenvalue weighted by molar-refractivity contribution is 5.85. The van der Waals surface area contributed by atoms with Gasteiger partial charge in [0.2, 0.25) is 0 Å². The SMILES string of the molecule is CCN(CCCCCCC(=O)O)c1ccc(C(F)(F)F)cc1C=O. The molecule has 7 heteroatoms. The lowest BCUT2D eigenvalue weighted by Gasteiger charge is -2.25. The van der Waals surface area contributed by atoms with Gasteiger partial charge >= 0.3 is 12.1 Å². The van der Waals surface area contributed by atoms with Crippen LogP contribution in [0.25, 0.3) is 0 Å². The van der Waals surface area contributed by atoms with Gasteiger partial charge in [0.1, 0.15) is 0 Å². The first-order chi connectivity index (χ1) is 11.3. The van der Waals surface area contributed by atoms with Crippen molar-refractivity contribution < 1.29 is 27.9 Å². The minimum Gasteiger partial charge on any atom is -0.481 e. The Hall–Kier alpha value is -2.05. The van der Waals surface area contributed by atoms with Gasteiger partial charge in [0, 0.05) is 30.8 Å². The average molecular weight is 345 g/mol. The quantitative estimate of drug-likeness (QED) is 0.505. The van der Waals surface area contributed by atoms with E-state index in [1.807, 2.05) is 11.8 Å². The van der Waals surface area contributed by atoms with Gasteiger partial charge in [0.05, 0.1) is 5.56 Å². The number of rotatable bonds is 10. The summed E-state index contributed by atoms with van der Waals surface area (Å²) in [7, 11) is 0. The summed E-state index contributed by atoms with van der Waals surface area (Å²) in [5, 5.41) is 8.56. The molecule has 0 radical (unpaired) electrons. The Morgan fingerprint density at radius 1 is 1.21 bits per heavy atom. The summed E-state index contributed by atoms with van der Waals surface area (Å²) in [5.74, 6) is -0.814. The van der Waals surface area contributed by atoms with Crippen molar-refractivity contribution in [3.63, 3.8) is 0 Å². The van der Waals surface area contributed by atoms with Gasteiger partial charge in [-0.1, -0.05) is 12.8 Å². The van der Waals surface area contributed by atoms with E-state index in [1.54, 1.807) is 0 Å². The zero-order chi connectivity index (χ0) is 18.2. The van der Waals surface area contributed by atoms with E-state index in [0.717, 1.165) is 31.4 Å². The van der Waals surface area contributed by atoms with Crippen LogP contribution in [0.5, 0.6) is 0 Å². The Morgan fingerprint density at radius 2 is 1.88 bits per heavy atom. The van der Waals surface area contributed by atoms with Gasteiger partial charge in [-0.05, 0) is 38.0 Å². The Labute approximate surface area is 139 Å². The molecule has 0 unspecified atom stereocenters. The number of hydrogen-bond donors (Lipinski definition) is 1. The molecule has 1 rings (SSSR count). The predicted molar refractivity (Wildman–Crippen MR) is 85.4 cm³/mol. The van der Waals surface area contributed by atoms with E-state index >= 15 is 0 Å². The van der Waals surface area contributed by atoms with Crippen molar-refractivity contribution >= 4 is 17.9 Å². The van der Waals surface area contributed by atoms with Crippen LogP contribution in [0.3, 0.4) is 0 Å². The van der Waals surface area contributed by atoms with E-state index in [0.29, 0.717) is 31.5 Å². The third-order valence-electron chi connectivity index (χ3n) is 3.77. The number of carboxylic acids is 1. The first kappa shape index (κ1) is 20.0. The maximum atomic E-state index is 12.7. The van der Waals surface area contributed by atoms with Crippen LogP contribution in [-0.2, 0) is 11.0 Å². The smallest absolute Gasteiger partial charge is 0.416 e. The van der Waals surface area contributed by atoms with Crippen LogP contribution < -0.4 is 4.90 Å². The van der Waals surface area contributed by atoms with E-state index in [4.69, 9.17) is 5.11 Å². The number of anilines is 1. The molecule has 24 heavy (non-hydrogen) atoms. The Bertz CT molecular complexity index is 559. The fraction of sp³-hybridized carbons (Fsp3) is 0.529. The number of carbonyl (C=O) groups is 2. The van der Waals surface area contributed by atoms with Gasteiger partial charge in [-0.3, -0.25) is 9.59 Å². The molecule has 0 atom stereocenters. The molecule has 0 saturated carbocycles. The highest BCUT2D eigenvalue weighted by atomic mass is 19.4. The Kier molecular flexibility index (Phi) is 7.74. The molecule has 0 aliphatic heterocycles. The summed E-state index contributed by atoms with van der Waals surface area (Å²) in [6.45, 7) is 3.05. The Morgan fingerprint density at radius 3 is 2.42 bits per heavy atom. The van der Waals surface area contributed by atoms with Crippen LogP contribution in [0.15, 0.2) is 18.2 Å². The van der Waals surface area contributed by atoms with Gasteiger partial charge in [-0.2, -0.15) is 13.2 Å². The number of carboxylic acid groups (broad SMARTS) is 1. The highest BCUT2D eigenvalue weighted by Gasteiger charge is 2.31. The van der Waals surface area contributed by atoms with Gasteiger partial charge in [-0.15, -0.1) is 0 Å². The van der Waals surface area contributed by atoms with Crippen molar-refractivity contribution in [1.82, 2.24) is 0 Å². The number of hydrogen-bond acceptors (Lipinski definition) is 3. The van der Waals surface area contributed by atoms with Crippen LogP contribution in [0.4, 0.5) is 18.9 Å². The third-order valence-corrected chi connectivity index (χ3v) is 3.77. The largest absolute Gasteiger partial charge is 0.481 e. The van der Waals surface area contributed by atoms with Gasteiger partial charge < -0.3 is 10.0 Å². The van der Waals surface area contributed by atoms with Crippen LogP contribution in [-0.4, -0.2) is 30.5 Å². The molecule has 0 amide bonds. The molecule has 1 aromatic rings. The second-order valence-electron chi connectivity index (χ2n) is 5.53. The molecule has 0 spiro atoms. The van der Waals surface area contributed by atoms with Crippen molar-refractivity contribution in [2.45, 2.75) is 45.2 Å². The molecule has 0 heterocycles. The second kappa shape index (κ2) is 9.30. The molecule has 1 aromatic carbocycles. The average Bonchev–Trinajstić information content (AvgIpc) is 2.52. The number of aldehydes is 1. The molecule has 4 nitrogen and oxygen atoms in total. The maximum absolute atomic E-state index is 12.7. The van der Waals surface area contributed by atoms with Crippen molar-refractivity contribution in [1.29, 1.82) is 0 Å². The summed E-state index contributed by atoms with van der Waals surface area (Å²) >= 11 is 0. The van der Waals surface area contributed by atoms with Crippen molar-refractivity contribution in [2.75, 3.05) is 18.0 Å². The lowest BCUT2D eigenvalue weighted by atomic mass is 10.1. The van der Waals surface area contributed by atoms with Gasteiger partial charge in [0.25, 0.3) is 0 Å². The van der Waals surface area contributed by atoms with Crippen LogP contribution in [0, 0.1) is 0 Å². The van der Waals surface area contributed by atoms with Crippen molar-refractivity contribution in [3.05, 3.63) is 29.3 Å². The van der Waals surface area contributed by atoms with Gasteiger partial charge in [0.15, 0.2) is 6.29 Å². The first-order valence-electron chi connectivity index (χ1n) is 7.92. The zero-order valence-electron chi connectivity index (χ0n) is 13.6. The number of halogens is 3. The molecule has 0 aromatic heterocycles. The normalized spacial score (nSPS) is 11.3. The standard InChI is InChI=1S/C17H22F3NO3/c1-2-21(10-6-4-3-5-7-16(23)24)15-9-8-14(17(18,19)20)11-13(15)12-22/h8-9,11-12H,2-7,10H2,1H3,(H,23,24). The van der Waals surface area contributed by atoms with E-state index in [9.17, 15) is 22.8 Å². The van der Waals surface area contributed by atoms with E-state index in [-0.39, 0.29) is 12.0 Å². The van der Waals surface area contributed by atoms with E-state index in [2.05, 4.69) is 0 Å². The molecular weight excluding hydrogens is 323 g/mol. The molecule has 1 N–H and O–H groups in total. The minimum atomic E-state index is -4.47. The summed E-state index contributed by atoms with van der Waals surface area (Å²) in [4.78, 5) is 23.4. The molecule has 0 bridgehead atoms. The monoisotopic (exact) mass is 345 g/mol. The summed E-state index contributed by atoms with van der Waals surface area (Å²) < 4.78 is 38.2. The summed E-state index contributed by atoms with van der Waals surface area (Å²) in [5.41, 5.74) is -0.318. The fourth-order valence-corrected chi connectivity index (χ4v) is 2.49. The minimum absolute atomic E-state index is 0.0255. The second-order valence-corrected chi connectivity index (χ2v) is 5.53. The van der Waals surface area contributed by atoms with Crippen LogP contribution in [0.1, 0.15) is 54.9 Å². The van der Waals surface area contributed by atoms with Crippen LogP contribution in [0.2, 0.25) is 0 Å². The number of aliphatic carboxylic acids is 1. The lowest BCUT2D eigenvalue weighted by molar-refractivity contribution is -0.138.